The van der Waals surface area contributed by atoms with E-state index in [-0.39, 0.29) is 5.91 Å². The first-order valence-electron chi connectivity index (χ1n) is 11.4. The Morgan fingerprint density at radius 2 is 1.86 bits per heavy atom. The Labute approximate surface area is 173 Å². The summed E-state index contributed by atoms with van der Waals surface area (Å²) in [6, 6.07) is 8.96. The molecule has 2 heterocycles. The van der Waals surface area contributed by atoms with Gasteiger partial charge in [0.25, 0.3) is 0 Å². The molecule has 0 bridgehead atoms. The molecule has 5 heteroatoms. The number of hydrogen-bond donors (Lipinski definition) is 1. The monoisotopic (exact) mass is 392 g/mol. The fourth-order valence-electron chi connectivity index (χ4n) is 4.97. The molecule has 2 fully saturated rings. The number of benzene rings is 1. The zero-order chi connectivity index (χ0) is 19.8. The van der Waals surface area contributed by atoms with Crippen LogP contribution in [0.25, 0.3) is 0 Å². The van der Waals surface area contributed by atoms with Crippen molar-refractivity contribution in [3.05, 3.63) is 41.1 Å². The Morgan fingerprint density at radius 1 is 1.10 bits per heavy atom. The number of anilines is 2. The van der Waals surface area contributed by atoms with E-state index >= 15 is 0 Å². The summed E-state index contributed by atoms with van der Waals surface area (Å²) in [5.41, 5.74) is 5.07. The summed E-state index contributed by atoms with van der Waals surface area (Å²) < 4.78 is 2.21. The number of nitrogens with one attached hydrogen (secondary N) is 1. The van der Waals surface area contributed by atoms with E-state index in [4.69, 9.17) is 5.10 Å². The van der Waals surface area contributed by atoms with E-state index in [1.807, 2.05) is 4.90 Å². The smallest absolute Gasteiger partial charge is 0.219 e. The summed E-state index contributed by atoms with van der Waals surface area (Å²) in [5.74, 6) is 2.59. The Morgan fingerprint density at radius 3 is 2.55 bits per heavy atom. The highest BCUT2D eigenvalue weighted by molar-refractivity contribution is 5.74. The second kappa shape index (κ2) is 7.85. The van der Waals surface area contributed by atoms with E-state index in [0.717, 1.165) is 42.9 Å². The van der Waals surface area contributed by atoms with Gasteiger partial charge in [-0.25, -0.2) is 0 Å². The van der Waals surface area contributed by atoms with Crippen molar-refractivity contribution in [1.82, 2.24) is 14.7 Å². The Kier molecular flexibility index (Phi) is 5.06. The van der Waals surface area contributed by atoms with Gasteiger partial charge >= 0.3 is 0 Å². The number of carbonyl (C=O) groups is 1. The van der Waals surface area contributed by atoms with Gasteiger partial charge in [-0.3, -0.25) is 9.48 Å². The maximum absolute atomic E-state index is 11.9. The van der Waals surface area contributed by atoms with Crippen molar-refractivity contribution >= 4 is 17.4 Å². The van der Waals surface area contributed by atoms with Gasteiger partial charge in [0.2, 0.25) is 5.91 Å². The van der Waals surface area contributed by atoms with Crippen LogP contribution < -0.4 is 5.32 Å². The van der Waals surface area contributed by atoms with E-state index in [0.29, 0.717) is 6.54 Å². The van der Waals surface area contributed by atoms with Crippen LogP contribution in [0.15, 0.2) is 24.3 Å². The first-order valence-corrected chi connectivity index (χ1v) is 11.4. The molecule has 1 N–H and O–H groups in total. The molecular weight excluding hydrogens is 360 g/mol. The number of aromatic nitrogens is 2. The largest absolute Gasteiger partial charge is 0.338 e. The van der Waals surface area contributed by atoms with E-state index in [1.165, 1.54) is 61.8 Å². The number of rotatable bonds is 5. The molecule has 29 heavy (non-hydrogen) atoms. The minimum atomic E-state index is 0.147. The van der Waals surface area contributed by atoms with Crippen molar-refractivity contribution in [3.8, 4) is 0 Å². The maximum Gasteiger partial charge on any atom is 0.219 e. The molecule has 3 aliphatic rings. The fraction of sp³-hybridized carbons (Fsp3) is 0.583. The molecule has 0 atom stereocenters. The predicted octanol–water partition coefficient (Wildman–Crippen LogP) is 4.99. The molecule has 1 aromatic carbocycles. The number of carbonyl (C=O) groups excluding carboxylic acids is 1. The quantitative estimate of drug-likeness (QED) is 0.780. The van der Waals surface area contributed by atoms with Gasteiger partial charge in [0.1, 0.15) is 0 Å². The van der Waals surface area contributed by atoms with Gasteiger partial charge in [-0.15, -0.1) is 0 Å². The Hall–Kier alpha value is -2.30. The second-order valence-corrected chi connectivity index (χ2v) is 9.17. The first kappa shape index (κ1) is 18.7. The molecule has 5 rings (SSSR count). The molecular formula is C24H32N4O. The Bertz CT molecular complexity index is 875. The molecule has 2 aliphatic carbocycles. The van der Waals surface area contributed by atoms with Gasteiger partial charge in [-0.2, -0.15) is 5.10 Å². The van der Waals surface area contributed by atoms with E-state index in [9.17, 15) is 4.79 Å². The van der Waals surface area contributed by atoms with Gasteiger partial charge in [-0.05, 0) is 55.2 Å². The first-order chi connectivity index (χ1) is 14.2. The molecule has 5 nitrogen and oxygen atoms in total. The van der Waals surface area contributed by atoms with Crippen molar-refractivity contribution in [2.45, 2.75) is 77.3 Å². The molecule has 0 radical (unpaired) electrons. The topological polar surface area (TPSA) is 50.2 Å². The third-order valence-corrected chi connectivity index (χ3v) is 6.96. The van der Waals surface area contributed by atoms with Crippen LogP contribution in [0.2, 0.25) is 0 Å². The van der Waals surface area contributed by atoms with Crippen molar-refractivity contribution in [3.63, 3.8) is 0 Å². The average Bonchev–Trinajstić information content (AvgIpc) is 3.51. The molecule has 154 valence electrons. The van der Waals surface area contributed by atoms with E-state index in [2.05, 4.69) is 34.3 Å². The second-order valence-electron chi connectivity index (χ2n) is 9.17. The highest BCUT2D eigenvalue weighted by Crippen LogP contribution is 2.36. The summed E-state index contributed by atoms with van der Waals surface area (Å²) in [5, 5.41) is 8.51. The van der Waals surface area contributed by atoms with Gasteiger partial charge in [0.15, 0.2) is 5.82 Å². The molecule has 2 saturated carbocycles. The van der Waals surface area contributed by atoms with Gasteiger partial charge in [0, 0.05) is 43.4 Å². The highest BCUT2D eigenvalue weighted by Gasteiger charge is 2.29. The van der Waals surface area contributed by atoms with E-state index < -0.39 is 0 Å². The van der Waals surface area contributed by atoms with Gasteiger partial charge in [0.05, 0.1) is 6.54 Å². The van der Waals surface area contributed by atoms with Crippen LogP contribution in [0.1, 0.15) is 74.6 Å². The third kappa shape index (κ3) is 4.05. The Balaban J connectivity index is 1.37. The third-order valence-electron chi connectivity index (χ3n) is 6.96. The number of amides is 1. The molecule has 0 unspecified atom stereocenters. The zero-order valence-corrected chi connectivity index (χ0v) is 17.5. The summed E-state index contributed by atoms with van der Waals surface area (Å²) in [6.45, 7) is 4.15. The maximum atomic E-state index is 11.9. The van der Waals surface area contributed by atoms with Gasteiger partial charge < -0.3 is 10.2 Å². The fourth-order valence-corrected chi connectivity index (χ4v) is 4.97. The van der Waals surface area contributed by atoms with Crippen molar-refractivity contribution in [2.75, 3.05) is 11.9 Å². The van der Waals surface area contributed by atoms with Crippen molar-refractivity contribution in [2.24, 2.45) is 5.92 Å². The standard InChI is InChI=1S/C24H32N4O/c1-17(29)27-14-13-23-22(16-27)24(26-28(23)15-18-7-8-18)25-21-11-9-20(10-12-21)19-5-3-2-4-6-19/h9-12,18-19H,2-8,13-16H2,1H3,(H,25,26). The summed E-state index contributed by atoms with van der Waals surface area (Å²) in [7, 11) is 0. The normalized spacial score (nSPS) is 19.8. The average molecular weight is 393 g/mol. The number of nitrogens with zero attached hydrogens (tertiary/aromatic N) is 3. The molecule has 0 spiro atoms. The molecule has 0 saturated heterocycles. The molecule has 1 aliphatic heterocycles. The van der Waals surface area contributed by atoms with Crippen LogP contribution in [-0.4, -0.2) is 27.1 Å². The summed E-state index contributed by atoms with van der Waals surface area (Å²) >= 11 is 0. The lowest BCUT2D eigenvalue weighted by atomic mass is 9.84. The number of fused-ring (bicyclic) bond motifs is 1. The van der Waals surface area contributed by atoms with Crippen LogP contribution in [0, 0.1) is 5.92 Å². The summed E-state index contributed by atoms with van der Waals surface area (Å²) in [4.78, 5) is 13.9. The zero-order valence-electron chi connectivity index (χ0n) is 17.5. The predicted molar refractivity (Wildman–Crippen MR) is 115 cm³/mol. The van der Waals surface area contributed by atoms with E-state index in [1.54, 1.807) is 6.92 Å². The number of hydrogen-bond acceptors (Lipinski definition) is 3. The molecule has 1 aromatic heterocycles. The van der Waals surface area contributed by atoms with Crippen LogP contribution in [0.4, 0.5) is 11.5 Å². The van der Waals surface area contributed by atoms with Crippen LogP contribution in [0.3, 0.4) is 0 Å². The minimum absolute atomic E-state index is 0.147. The highest BCUT2D eigenvalue weighted by atomic mass is 16.2. The molecule has 2 aromatic rings. The molecule has 1 amide bonds. The SMILES string of the molecule is CC(=O)N1CCc2c(c(Nc3ccc(C4CCCCC4)cc3)nn2CC2CC2)C1. The summed E-state index contributed by atoms with van der Waals surface area (Å²) in [6.07, 6.45) is 10.3. The van der Waals surface area contributed by atoms with Crippen LogP contribution in [0.5, 0.6) is 0 Å². The lowest BCUT2D eigenvalue weighted by Crippen LogP contribution is -2.34. The van der Waals surface area contributed by atoms with Crippen LogP contribution in [-0.2, 0) is 24.3 Å². The lowest BCUT2D eigenvalue weighted by Gasteiger charge is -2.27. The van der Waals surface area contributed by atoms with Gasteiger partial charge in [-0.1, -0.05) is 31.4 Å². The van der Waals surface area contributed by atoms with Crippen molar-refractivity contribution in [1.29, 1.82) is 0 Å². The van der Waals surface area contributed by atoms with Crippen LogP contribution >= 0.6 is 0 Å². The van der Waals surface area contributed by atoms with Crippen molar-refractivity contribution < 1.29 is 4.79 Å². The lowest BCUT2D eigenvalue weighted by molar-refractivity contribution is -0.129. The minimum Gasteiger partial charge on any atom is -0.338 e.